The molecule has 1 N–H and O–H groups in total. The van der Waals surface area contributed by atoms with Crippen molar-refractivity contribution in [1.82, 2.24) is 9.97 Å². The molecule has 1 heterocycles. The second-order valence-corrected chi connectivity index (χ2v) is 3.70. The van der Waals surface area contributed by atoms with Crippen molar-refractivity contribution in [1.29, 1.82) is 0 Å². The van der Waals surface area contributed by atoms with Gasteiger partial charge in [-0.3, -0.25) is 4.98 Å². The minimum atomic E-state index is -4.71. The molecule has 100 valence electrons. The van der Waals surface area contributed by atoms with Gasteiger partial charge in [-0.05, 0) is 12.1 Å². The van der Waals surface area contributed by atoms with Crippen LogP contribution in [0.4, 0.5) is 23.4 Å². The number of halogens is 4. The van der Waals surface area contributed by atoms with Crippen molar-refractivity contribution in [3.05, 3.63) is 42.0 Å². The molecule has 0 atom stereocenters. The second-order valence-electron chi connectivity index (χ2n) is 3.70. The van der Waals surface area contributed by atoms with Crippen LogP contribution in [-0.2, 0) is 6.18 Å². The van der Waals surface area contributed by atoms with E-state index >= 15 is 0 Å². The fourth-order valence-electron chi connectivity index (χ4n) is 1.62. The Morgan fingerprint density at radius 1 is 1.11 bits per heavy atom. The van der Waals surface area contributed by atoms with Crippen molar-refractivity contribution in [3.63, 3.8) is 0 Å². The highest BCUT2D eigenvalue weighted by atomic mass is 19.4. The van der Waals surface area contributed by atoms with Crippen LogP contribution in [0.3, 0.4) is 0 Å². The minimum Gasteiger partial charge on any atom is -0.371 e. The van der Waals surface area contributed by atoms with Gasteiger partial charge in [-0.2, -0.15) is 13.2 Å². The van der Waals surface area contributed by atoms with Crippen LogP contribution in [0.2, 0.25) is 0 Å². The van der Waals surface area contributed by atoms with Gasteiger partial charge in [-0.25, -0.2) is 9.37 Å². The summed E-state index contributed by atoms with van der Waals surface area (Å²) in [5.74, 6) is -0.973. The molecule has 1 aromatic carbocycles. The molecule has 0 radical (unpaired) electrons. The predicted octanol–water partition coefficient (Wildman–Crippen LogP) is 3.34. The maximum Gasteiger partial charge on any atom is 0.419 e. The van der Waals surface area contributed by atoms with E-state index in [0.717, 1.165) is 12.1 Å². The molecule has 0 saturated heterocycles. The quantitative estimate of drug-likeness (QED) is 0.851. The Hall–Kier alpha value is -2.18. The highest BCUT2D eigenvalue weighted by Gasteiger charge is 2.34. The van der Waals surface area contributed by atoms with Gasteiger partial charge in [0.25, 0.3) is 0 Å². The van der Waals surface area contributed by atoms with E-state index in [-0.39, 0.29) is 11.3 Å². The second kappa shape index (κ2) is 4.83. The van der Waals surface area contributed by atoms with Crippen LogP contribution >= 0.6 is 0 Å². The Labute approximate surface area is 106 Å². The summed E-state index contributed by atoms with van der Waals surface area (Å²) < 4.78 is 50.8. The first-order valence-electron chi connectivity index (χ1n) is 5.29. The maximum absolute atomic E-state index is 13.5. The summed E-state index contributed by atoms with van der Waals surface area (Å²) in [6.45, 7) is 0. The fourth-order valence-corrected chi connectivity index (χ4v) is 1.62. The van der Waals surface area contributed by atoms with Crippen LogP contribution in [0, 0.1) is 5.82 Å². The third-order valence-corrected chi connectivity index (χ3v) is 2.48. The largest absolute Gasteiger partial charge is 0.419 e. The molecule has 3 nitrogen and oxygen atoms in total. The van der Waals surface area contributed by atoms with Gasteiger partial charge in [0.15, 0.2) is 5.82 Å². The van der Waals surface area contributed by atoms with Crippen LogP contribution in [0.5, 0.6) is 0 Å². The van der Waals surface area contributed by atoms with Gasteiger partial charge in [0.1, 0.15) is 11.5 Å². The fraction of sp³-hybridized carbons (Fsp3) is 0.167. The Kier molecular flexibility index (Phi) is 3.37. The molecule has 2 rings (SSSR count). The number of nitrogens with one attached hydrogen (secondary N) is 1. The Balaban J connectivity index is 2.51. The molecular weight excluding hydrogens is 262 g/mol. The summed E-state index contributed by atoms with van der Waals surface area (Å²) in [4.78, 5) is 7.94. The van der Waals surface area contributed by atoms with E-state index in [2.05, 4.69) is 15.3 Å². The van der Waals surface area contributed by atoms with Crippen LogP contribution in [-0.4, -0.2) is 17.0 Å². The maximum atomic E-state index is 13.5. The number of rotatable bonds is 2. The predicted molar refractivity (Wildman–Crippen MR) is 62.0 cm³/mol. The average Bonchev–Trinajstić information content (AvgIpc) is 2.37. The lowest BCUT2D eigenvalue weighted by molar-refractivity contribution is -0.139. The van der Waals surface area contributed by atoms with E-state index in [9.17, 15) is 17.6 Å². The van der Waals surface area contributed by atoms with Gasteiger partial charge in [0.2, 0.25) is 0 Å². The third kappa shape index (κ3) is 2.64. The number of hydrogen-bond acceptors (Lipinski definition) is 3. The molecule has 0 bridgehead atoms. The van der Waals surface area contributed by atoms with E-state index in [1.54, 1.807) is 7.05 Å². The van der Waals surface area contributed by atoms with Crippen molar-refractivity contribution >= 4 is 5.82 Å². The van der Waals surface area contributed by atoms with Crippen LogP contribution in [0.15, 0.2) is 30.6 Å². The molecule has 1 aromatic heterocycles. The number of nitrogens with zero attached hydrogens (tertiary/aromatic N) is 2. The number of benzene rings is 1. The first-order chi connectivity index (χ1) is 8.93. The van der Waals surface area contributed by atoms with Crippen LogP contribution in [0.1, 0.15) is 5.56 Å². The highest BCUT2D eigenvalue weighted by Crippen LogP contribution is 2.33. The van der Waals surface area contributed by atoms with Crippen LogP contribution in [0.25, 0.3) is 11.3 Å². The summed E-state index contributed by atoms with van der Waals surface area (Å²) in [5.41, 5.74) is -0.785. The van der Waals surface area contributed by atoms with E-state index in [1.165, 1.54) is 12.4 Å². The monoisotopic (exact) mass is 271 g/mol. The molecular formula is C12H9F4N3. The molecule has 0 unspecified atom stereocenters. The summed E-state index contributed by atoms with van der Waals surface area (Å²) in [5, 5.41) is 2.74. The van der Waals surface area contributed by atoms with Gasteiger partial charge in [0, 0.05) is 25.0 Å². The SMILES string of the molecule is CNc1nccnc1-c1ccc(C(F)(F)F)c(F)c1. The van der Waals surface area contributed by atoms with Crippen molar-refractivity contribution in [2.75, 3.05) is 12.4 Å². The van der Waals surface area contributed by atoms with E-state index in [1.807, 2.05) is 0 Å². The molecule has 0 fully saturated rings. The average molecular weight is 271 g/mol. The number of hydrogen-bond donors (Lipinski definition) is 1. The van der Waals surface area contributed by atoms with E-state index < -0.39 is 17.6 Å². The first kappa shape index (κ1) is 13.3. The van der Waals surface area contributed by atoms with E-state index in [0.29, 0.717) is 11.9 Å². The Bertz CT molecular complexity index is 596. The molecule has 19 heavy (non-hydrogen) atoms. The molecule has 0 aliphatic carbocycles. The third-order valence-electron chi connectivity index (χ3n) is 2.48. The minimum absolute atomic E-state index is 0.225. The van der Waals surface area contributed by atoms with Gasteiger partial charge in [0.05, 0.1) is 5.56 Å². The molecule has 2 aromatic rings. The number of anilines is 1. The van der Waals surface area contributed by atoms with Gasteiger partial charge in [-0.1, -0.05) is 6.07 Å². The van der Waals surface area contributed by atoms with Crippen molar-refractivity contribution in [2.45, 2.75) is 6.18 Å². The first-order valence-corrected chi connectivity index (χ1v) is 5.29. The molecule has 0 aliphatic rings. The summed E-state index contributed by atoms with van der Waals surface area (Å²) in [6.07, 6.45) is -1.90. The lowest BCUT2D eigenvalue weighted by atomic mass is 10.1. The zero-order valence-corrected chi connectivity index (χ0v) is 9.79. The smallest absolute Gasteiger partial charge is 0.371 e. The summed E-state index contributed by atoms with van der Waals surface area (Å²) in [7, 11) is 1.59. The van der Waals surface area contributed by atoms with Crippen molar-refractivity contribution in [2.24, 2.45) is 0 Å². The molecule has 7 heteroatoms. The van der Waals surface area contributed by atoms with Crippen molar-refractivity contribution in [3.8, 4) is 11.3 Å². The van der Waals surface area contributed by atoms with Crippen LogP contribution < -0.4 is 5.32 Å². The number of aromatic nitrogens is 2. The van der Waals surface area contributed by atoms with Gasteiger partial charge < -0.3 is 5.32 Å². The van der Waals surface area contributed by atoms with Gasteiger partial charge >= 0.3 is 6.18 Å². The lowest BCUT2D eigenvalue weighted by Gasteiger charge is -2.10. The standard InChI is InChI=1S/C12H9F4N3/c1-17-11-10(18-4-5-19-11)7-2-3-8(9(13)6-7)12(14,15)16/h2-6H,1H3,(H,17,19). The molecule has 0 aliphatic heterocycles. The van der Waals surface area contributed by atoms with Crippen molar-refractivity contribution < 1.29 is 17.6 Å². The normalized spacial score (nSPS) is 11.4. The highest BCUT2D eigenvalue weighted by molar-refractivity contribution is 5.71. The Morgan fingerprint density at radius 2 is 1.79 bits per heavy atom. The summed E-state index contributed by atoms with van der Waals surface area (Å²) in [6, 6.07) is 2.66. The zero-order valence-electron chi connectivity index (χ0n) is 9.79. The summed E-state index contributed by atoms with van der Waals surface area (Å²) >= 11 is 0. The molecule has 0 spiro atoms. The Morgan fingerprint density at radius 3 is 2.37 bits per heavy atom. The molecule has 0 saturated carbocycles. The number of alkyl halides is 3. The zero-order chi connectivity index (χ0) is 14.0. The topological polar surface area (TPSA) is 37.8 Å². The van der Waals surface area contributed by atoms with E-state index in [4.69, 9.17) is 0 Å². The lowest BCUT2D eigenvalue weighted by Crippen LogP contribution is -2.08. The van der Waals surface area contributed by atoms with Gasteiger partial charge in [-0.15, -0.1) is 0 Å². The molecule has 0 amide bonds.